The minimum Gasteiger partial charge on any atom is -0.497 e. The van der Waals surface area contributed by atoms with Crippen LogP contribution in [0.4, 0.5) is 0 Å². The predicted molar refractivity (Wildman–Crippen MR) is 82.1 cm³/mol. The van der Waals surface area contributed by atoms with Crippen LogP contribution in [0.25, 0.3) is 0 Å². The molecule has 4 heteroatoms. The topological polar surface area (TPSA) is 46.0 Å². The molecule has 0 bridgehead atoms. The van der Waals surface area contributed by atoms with Crippen molar-refractivity contribution in [2.24, 2.45) is 15.9 Å². The molecule has 1 aromatic carbocycles. The Morgan fingerprint density at radius 1 is 1.14 bits per heavy atom. The maximum atomic E-state index is 5.35. The average molecular weight is 283 g/mol. The number of nitrogens with one attached hydrogen (secondary N) is 1. The lowest BCUT2D eigenvalue weighted by Gasteiger charge is -2.26. The first kappa shape index (κ1) is 13.9. The molecule has 3 rings (SSSR count). The van der Waals surface area contributed by atoms with Crippen LogP contribution in [0, 0.1) is 5.92 Å². The van der Waals surface area contributed by atoms with Gasteiger partial charge < -0.3 is 10.1 Å². The normalized spacial score (nSPS) is 27.5. The second kappa shape index (κ2) is 5.72. The van der Waals surface area contributed by atoms with Crippen molar-refractivity contribution in [1.29, 1.82) is 0 Å². The van der Waals surface area contributed by atoms with Crippen LogP contribution in [0.15, 0.2) is 57.9 Å². The molecule has 0 fully saturated rings. The van der Waals surface area contributed by atoms with E-state index in [1.807, 2.05) is 24.3 Å². The van der Waals surface area contributed by atoms with Gasteiger partial charge >= 0.3 is 0 Å². The van der Waals surface area contributed by atoms with E-state index in [1.54, 1.807) is 7.11 Å². The SMILES string of the molecule is COC1=CC(C)CC(NC2N=c3ccccc3=NC2C)=C1. The monoisotopic (exact) mass is 283 g/mol. The third-order valence-corrected chi connectivity index (χ3v) is 3.84. The second-order valence-corrected chi connectivity index (χ2v) is 5.70. The van der Waals surface area contributed by atoms with Gasteiger partial charge in [0.2, 0.25) is 0 Å². The molecule has 1 N–H and O–H groups in total. The lowest BCUT2D eigenvalue weighted by Crippen LogP contribution is -2.45. The van der Waals surface area contributed by atoms with E-state index >= 15 is 0 Å². The minimum atomic E-state index is -0.0189. The number of fused-ring (bicyclic) bond motifs is 1. The number of hydrogen-bond acceptors (Lipinski definition) is 4. The molecule has 3 atom stereocenters. The molecule has 4 nitrogen and oxygen atoms in total. The zero-order valence-electron chi connectivity index (χ0n) is 12.7. The maximum Gasteiger partial charge on any atom is 0.141 e. The van der Waals surface area contributed by atoms with E-state index in [2.05, 4.69) is 31.3 Å². The summed E-state index contributed by atoms with van der Waals surface area (Å²) in [5, 5.41) is 5.46. The summed E-state index contributed by atoms with van der Waals surface area (Å²) >= 11 is 0. The molecule has 2 aliphatic rings. The van der Waals surface area contributed by atoms with Crippen molar-refractivity contribution in [2.75, 3.05) is 7.11 Å². The van der Waals surface area contributed by atoms with Crippen LogP contribution in [0.5, 0.6) is 0 Å². The van der Waals surface area contributed by atoms with Gasteiger partial charge in [-0.3, -0.25) is 9.98 Å². The molecule has 0 saturated heterocycles. The van der Waals surface area contributed by atoms with Crippen molar-refractivity contribution in [3.63, 3.8) is 0 Å². The van der Waals surface area contributed by atoms with Crippen molar-refractivity contribution < 1.29 is 4.74 Å². The van der Waals surface area contributed by atoms with Crippen LogP contribution in [-0.2, 0) is 4.74 Å². The van der Waals surface area contributed by atoms with Gasteiger partial charge in [0.25, 0.3) is 0 Å². The Bertz CT molecular complexity index is 705. The highest BCUT2D eigenvalue weighted by Crippen LogP contribution is 2.22. The largest absolute Gasteiger partial charge is 0.497 e. The molecule has 0 spiro atoms. The fraction of sp³-hybridized carbons (Fsp3) is 0.412. The third kappa shape index (κ3) is 2.99. The highest BCUT2D eigenvalue weighted by atomic mass is 16.5. The second-order valence-electron chi connectivity index (χ2n) is 5.70. The zero-order chi connectivity index (χ0) is 14.8. The third-order valence-electron chi connectivity index (χ3n) is 3.84. The van der Waals surface area contributed by atoms with Crippen molar-refractivity contribution in [3.05, 3.63) is 58.6 Å². The molecule has 1 aliphatic heterocycles. The molecular formula is C17H21N3O. The summed E-state index contributed by atoms with van der Waals surface area (Å²) < 4.78 is 5.35. The van der Waals surface area contributed by atoms with Crippen LogP contribution in [0.2, 0.25) is 0 Å². The molecule has 0 aromatic heterocycles. The summed E-state index contributed by atoms with van der Waals surface area (Å²) in [6.45, 7) is 4.28. The molecule has 0 amide bonds. The molecule has 110 valence electrons. The Balaban J connectivity index is 1.85. The molecule has 1 heterocycles. The summed E-state index contributed by atoms with van der Waals surface area (Å²) in [7, 11) is 1.71. The first-order valence-electron chi connectivity index (χ1n) is 7.39. The van der Waals surface area contributed by atoms with E-state index in [0.717, 1.165) is 28.6 Å². The van der Waals surface area contributed by atoms with Crippen LogP contribution in [0.1, 0.15) is 20.3 Å². The molecule has 1 aliphatic carbocycles. The fourth-order valence-electron chi connectivity index (χ4n) is 2.77. The molecular weight excluding hydrogens is 262 g/mol. The number of allylic oxidation sites excluding steroid dienone is 3. The smallest absolute Gasteiger partial charge is 0.141 e. The van der Waals surface area contributed by atoms with Crippen molar-refractivity contribution in [1.82, 2.24) is 5.32 Å². The number of ether oxygens (including phenoxy) is 1. The lowest BCUT2D eigenvalue weighted by molar-refractivity contribution is 0.297. The summed E-state index contributed by atoms with van der Waals surface area (Å²) in [5.74, 6) is 1.38. The molecule has 21 heavy (non-hydrogen) atoms. The van der Waals surface area contributed by atoms with Gasteiger partial charge in [-0.05, 0) is 43.5 Å². The summed E-state index contributed by atoms with van der Waals surface area (Å²) in [4.78, 5) is 9.51. The van der Waals surface area contributed by atoms with Gasteiger partial charge in [0.1, 0.15) is 11.9 Å². The van der Waals surface area contributed by atoms with Gasteiger partial charge in [-0.1, -0.05) is 19.1 Å². The number of nitrogens with zero attached hydrogens (tertiary/aromatic N) is 2. The number of para-hydroxylation sites is 2. The molecule has 3 unspecified atom stereocenters. The average Bonchev–Trinajstić information content (AvgIpc) is 2.47. The first-order chi connectivity index (χ1) is 10.2. The Kier molecular flexibility index (Phi) is 3.78. The Morgan fingerprint density at radius 2 is 1.86 bits per heavy atom. The minimum absolute atomic E-state index is 0.0189. The van der Waals surface area contributed by atoms with Gasteiger partial charge in [-0.15, -0.1) is 0 Å². The summed E-state index contributed by atoms with van der Waals surface area (Å²) in [5.41, 5.74) is 1.16. The van der Waals surface area contributed by atoms with Gasteiger partial charge in [0.15, 0.2) is 0 Å². The summed E-state index contributed by atoms with van der Waals surface area (Å²) in [6.07, 6.45) is 5.16. The van der Waals surface area contributed by atoms with E-state index in [1.165, 1.54) is 0 Å². The Morgan fingerprint density at radius 3 is 2.57 bits per heavy atom. The van der Waals surface area contributed by atoms with Gasteiger partial charge in [0.05, 0.1) is 23.9 Å². The Hall–Kier alpha value is -2.10. The van der Waals surface area contributed by atoms with Crippen LogP contribution < -0.4 is 16.0 Å². The standard InChI is InChI=1S/C17H21N3O/c1-11-8-13(10-14(9-11)21-3)19-17-12(2)18-15-6-4-5-7-16(15)20-17/h4-7,9-12,17,19H,8H2,1-3H3. The predicted octanol–water partition coefficient (Wildman–Crippen LogP) is 1.70. The van der Waals surface area contributed by atoms with Crippen molar-refractivity contribution in [3.8, 4) is 0 Å². The fourth-order valence-corrected chi connectivity index (χ4v) is 2.77. The number of benzene rings is 1. The van der Waals surface area contributed by atoms with Crippen LogP contribution in [0.3, 0.4) is 0 Å². The van der Waals surface area contributed by atoms with E-state index < -0.39 is 0 Å². The van der Waals surface area contributed by atoms with Gasteiger partial charge in [-0.2, -0.15) is 0 Å². The van der Waals surface area contributed by atoms with Crippen LogP contribution in [-0.4, -0.2) is 19.3 Å². The molecule has 0 radical (unpaired) electrons. The zero-order valence-corrected chi connectivity index (χ0v) is 12.7. The highest BCUT2D eigenvalue weighted by molar-refractivity contribution is 5.24. The van der Waals surface area contributed by atoms with Gasteiger partial charge in [-0.25, -0.2) is 0 Å². The van der Waals surface area contributed by atoms with Crippen molar-refractivity contribution >= 4 is 0 Å². The maximum absolute atomic E-state index is 5.35. The molecule has 1 aromatic rings. The number of methoxy groups -OCH3 is 1. The Labute approximate surface area is 125 Å². The summed E-state index contributed by atoms with van der Waals surface area (Å²) in [6, 6.07) is 8.14. The van der Waals surface area contributed by atoms with Crippen LogP contribution >= 0.6 is 0 Å². The van der Waals surface area contributed by atoms with E-state index in [0.29, 0.717) is 5.92 Å². The molecule has 0 saturated carbocycles. The first-order valence-corrected chi connectivity index (χ1v) is 7.39. The van der Waals surface area contributed by atoms with E-state index in [-0.39, 0.29) is 12.2 Å². The van der Waals surface area contributed by atoms with Crippen molar-refractivity contribution in [2.45, 2.75) is 32.5 Å². The number of rotatable bonds is 3. The highest BCUT2D eigenvalue weighted by Gasteiger charge is 2.21. The van der Waals surface area contributed by atoms with E-state index in [9.17, 15) is 0 Å². The lowest BCUT2D eigenvalue weighted by atomic mass is 9.99. The quantitative estimate of drug-likeness (QED) is 0.917. The van der Waals surface area contributed by atoms with Gasteiger partial charge in [0, 0.05) is 5.70 Å². The van der Waals surface area contributed by atoms with E-state index in [4.69, 9.17) is 14.7 Å². The number of hydrogen-bond donors (Lipinski definition) is 1.